The number of ether oxygens (including phenoxy) is 2. The molecule has 0 bridgehead atoms. The lowest BCUT2D eigenvalue weighted by atomic mass is 9.99. The van der Waals surface area contributed by atoms with Crippen molar-refractivity contribution in [2.45, 2.75) is 50.8 Å². The summed E-state index contributed by atoms with van der Waals surface area (Å²) in [5.74, 6) is -1.13. The fourth-order valence-electron chi connectivity index (χ4n) is 4.02. The molecule has 8 heteroatoms. The fourth-order valence-corrected chi connectivity index (χ4v) is 4.02. The van der Waals surface area contributed by atoms with Gasteiger partial charge in [-0.15, -0.1) is 6.58 Å². The third-order valence-corrected chi connectivity index (χ3v) is 5.83. The van der Waals surface area contributed by atoms with E-state index in [1.807, 2.05) is 49.5 Å². The number of likely N-dealkylation sites (N-methyl/N-ethyl adjacent to an activating group) is 1. The van der Waals surface area contributed by atoms with Crippen LogP contribution in [0.25, 0.3) is 0 Å². The first kappa shape index (κ1) is 26.6. The Bertz CT molecular complexity index is 976. The molecule has 1 fully saturated rings. The second-order valence-electron chi connectivity index (χ2n) is 8.78. The van der Waals surface area contributed by atoms with Gasteiger partial charge in [0.15, 0.2) is 6.29 Å². The van der Waals surface area contributed by atoms with E-state index in [9.17, 15) is 14.7 Å². The van der Waals surface area contributed by atoms with Crippen molar-refractivity contribution in [2.24, 2.45) is 0 Å². The van der Waals surface area contributed by atoms with Gasteiger partial charge in [-0.2, -0.15) is 0 Å². The van der Waals surface area contributed by atoms with Crippen LogP contribution in [-0.2, 0) is 25.7 Å². The molecule has 0 saturated carbocycles. The molecular formula is C27H34N2O6. The number of amides is 1. The minimum atomic E-state index is -0.911. The van der Waals surface area contributed by atoms with Gasteiger partial charge < -0.3 is 29.9 Å². The zero-order valence-corrected chi connectivity index (χ0v) is 20.1. The minimum absolute atomic E-state index is 0.00500. The molecule has 0 spiro atoms. The molecule has 1 aliphatic heterocycles. The number of aliphatic hydroxyl groups excluding tert-OH is 1. The molecule has 0 unspecified atom stereocenters. The smallest absolute Gasteiger partial charge is 0.303 e. The SMILES string of the molecule is C=CCN(C)C[C@@H]1C[C@H](c2ccc(CO)cc2)O[C@H](c2ccc(NC(=O)CCCC(=O)O)cc2)O1. The Hall–Kier alpha value is -3.04. The summed E-state index contributed by atoms with van der Waals surface area (Å²) in [5.41, 5.74) is 3.34. The van der Waals surface area contributed by atoms with E-state index < -0.39 is 12.3 Å². The van der Waals surface area contributed by atoms with Crippen LogP contribution in [0.4, 0.5) is 5.69 Å². The molecule has 188 valence electrons. The van der Waals surface area contributed by atoms with Gasteiger partial charge in [-0.1, -0.05) is 42.5 Å². The molecule has 3 atom stereocenters. The van der Waals surface area contributed by atoms with Crippen LogP contribution in [-0.4, -0.2) is 53.2 Å². The van der Waals surface area contributed by atoms with Gasteiger partial charge >= 0.3 is 5.97 Å². The van der Waals surface area contributed by atoms with Crippen LogP contribution in [0.2, 0.25) is 0 Å². The maximum atomic E-state index is 12.0. The second-order valence-corrected chi connectivity index (χ2v) is 8.78. The van der Waals surface area contributed by atoms with Gasteiger partial charge in [0, 0.05) is 43.6 Å². The Labute approximate surface area is 206 Å². The molecule has 1 heterocycles. The first-order chi connectivity index (χ1) is 16.9. The number of nitrogens with one attached hydrogen (secondary N) is 1. The lowest BCUT2D eigenvalue weighted by Crippen LogP contribution is -2.37. The lowest BCUT2D eigenvalue weighted by molar-refractivity contribution is -0.252. The number of anilines is 1. The van der Waals surface area contributed by atoms with Gasteiger partial charge in [0.05, 0.1) is 18.8 Å². The number of carbonyl (C=O) groups excluding carboxylic acids is 1. The standard InChI is InChI=1S/C27H34N2O6/c1-3-15-29(2)17-23-16-24(20-9-7-19(18-30)8-10-20)35-27(34-23)21-11-13-22(14-12-21)28-25(31)5-4-6-26(32)33/h3,7-14,23-24,27,30H,1,4-6,15-18H2,2H3,(H,28,31)(H,32,33)/t23-,24+,27+/m0/s1. The van der Waals surface area contributed by atoms with Crippen molar-refractivity contribution >= 4 is 17.6 Å². The number of aliphatic hydroxyl groups is 1. The summed E-state index contributed by atoms with van der Waals surface area (Å²) >= 11 is 0. The molecular weight excluding hydrogens is 448 g/mol. The molecule has 1 amide bonds. The second kappa shape index (κ2) is 13.2. The largest absolute Gasteiger partial charge is 0.481 e. The highest BCUT2D eigenvalue weighted by Gasteiger charge is 2.32. The maximum absolute atomic E-state index is 12.0. The van der Waals surface area contributed by atoms with Gasteiger partial charge in [0.2, 0.25) is 5.91 Å². The Kier molecular flexibility index (Phi) is 9.98. The van der Waals surface area contributed by atoms with Gasteiger partial charge in [-0.05, 0) is 36.7 Å². The van der Waals surface area contributed by atoms with E-state index in [0.29, 0.717) is 18.5 Å². The summed E-state index contributed by atoms with van der Waals surface area (Å²) in [6.07, 6.45) is 2.17. The minimum Gasteiger partial charge on any atom is -0.481 e. The van der Waals surface area contributed by atoms with Crippen LogP contribution in [0.3, 0.4) is 0 Å². The number of rotatable bonds is 12. The molecule has 0 radical (unpaired) electrons. The average Bonchev–Trinajstić information content (AvgIpc) is 2.84. The molecule has 1 aliphatic rings. The van der Waals surface area contributed by atoms with Crippen LogP contribution in [0.1, 0.15) is 54.8 Å². The number of carboxylic acids is 1. The molecule has 2 aromatic rings. The Morgan fingerprint density at radius 3 is 2.40 bits per heavy atom. The first-order valence-corrected chi connectivity index (χ1v) is 11.8. The van der Waals surface area contributed by atoms with Crippen LogP contribution in [0.5, 0.6) is 0 Å². The van der Waals surface area contributed by atoms with Crippen LogP contribution in [0, 0.1) is 0 Å². The van der Waals surface area contributed by atoms with E-state index in [1.165, 1.54) is 0 Å². The van der Waals surface area contributed by atoms with Gasteiger partial charge in [-0.3, -0.25) is 9.59 Å². The van der Waals surface area contributed by atoms with Crippen LogP contribution < -0.4 is 5.32 Å². The third kappa shape index (κ3) is 8.29. The summed E-state index contributed by atoms with van der Waals surface area (Å²) in [7, 11) is 2.02. The Morgan fingerprint density at radius 2 is 1.77 bits per heavy atom. The highest BCUT2D eigenvalue weighted by Crippen LogP contribution is 2.38. The predicted molar refractivity (Wildman–Crippen MR) is 133 cm³/mol. The van der Waals surface area contributed by atoms with Crippen molar-refractivity contribution in [3.63, 3.8) is 0 Å². The molecule has 3 N–H and O–H groups in total. The molecule has 0 aliphatic carbocycles. The summed E-state index contributed by atoms with van der Waals surface area (Å²) in [6, 6.07) is 15.0. The number of carbonyl (C=O) groups is 2. The monoisotopic (exact) mass is 482 g/mol. The number of nitrogens with zero attached hydrogens (tertiary/aromatic N) is 1. The van der Waals surface area contributed by atoms with Crippen molar-refractivity contribution in [1.82, 2.24) is 4.90 Å². The van der Waals surface area contributed by atoms with E-state index in [4.69, 9.17) is 14.6 Å². The number of aliphatic carboxylic acids is 1. The summed E-state index contributed by atoms with van der Waals surface area (Å²) in [4.78, 5) is 24.8. The summed E-state index contributed by atoms with van der Waals surface area (Å²) in [6.45, 7) is 5.28. The fraction of sp³-hybridized carbons (Fsp3) is 0.407. The Balaban J connectivity index is 1.69. The predicted octanol–water partition coefficient (Wildman–Crippen LogP) is 4.04. The Morgan fingerprint density at radius 1 is 1.09 bits per heavy atom. The molecule has 0 aromatic heterocycles. The molecule has 8 nitrogen and oxygen atoms in total. The zero-order chi connectivity index (χ0) is 25.2. The maximum Gasteiger partial charge on any atom is 0.303 e. The number of hydrogen-bond acceptors (Lipinski definition) is 6. The van der Waals surface area contributed by atoms with E-state index >= 15 is 0 Å². The van der Waals surface area contributed by atoms with Crippen molar-refractivity contribution < 1.29 is 29.3 Å². The third-order valence-electron chi connectivity index (χ3n) is 5.83. The first-order valence-electron chi connectivity index (χ1n) is 11.8. The van der Waals surface area contributed by atoms with Gasteiger partial charge in [0.1, 0.15) is 0 Å². The van der Waals surface area contributed by atoms with Crippen molar-refractivity contribution in [3.05, 3.63) is 77.9 Å². The van der Waals surface area contributed by atoms with Crippen LogP contribution in [0.15, 0.2) is 61.2 Å². The van der Waals surface area contributed by atoms with E-state index in [-0.39, 0.29) is 37.6 Å². The highest BCUT2D eigenvalue weighted by atomic mass is 16.7. The van der Waals surface area contributed by atoms with Gasteiger partial charge in [-0.25, -0.2) is 0 Å². The van der Waals surface area contributed by atoms with Crippen molar-refractivity contribution in [2.75, 3.05) is 25.5 Å². The van der Waals surface area contributed by atoms with Gasteiger partial charge in [0.25, 0.3) is 0 Å². The summed E-state index contributed by atoms with van der Waals surface area (Å²) < 4.78 is 12.6. The van der Waals surface area contributed by atoms with E-state index in [2.05, 4.69) is 16.8 Å². The normalized spacial score (nSPS) is 19.9. The molecule has 2 aromatic carbocycles. The van der Waals surface area contributed by atoms with Crippen molar-refractivity contribution in [3.8, 4) is 0 Å². The number of benzene rings is 2. The molecule has 1 saturated heterocycles. The number of carboxylic acid groups (broad SMARTS) is 1. The topological polar surface area (TPSA) is 108 Å². The average molecular weight is 483 g/mol. The number of hydrogen-bond donors (Lipinski definition) is 3. The van der Waals surface area contributed by atoms with Crippen molar-refractivity contribution in [1.29, 1.82) is 0 Å². The molecule has 3 rings (SSSR count). The summed E-state index contributed by atoms with van der Waals surface area (Å²) in [5, 5.41) is 20.8. The quantitative estimate of drug-likeness (QED) is 0.392. The van der Waals surface area contributed by atoms with E-state index in [0.717, 1.165) is 29.8 Å². The van der Waals surface area contributed by atoms with E-state index in [1.54, 1.807) is 12.1 Å². The molecule has 35 heavy (non-hydrogen) atoms. The van der Waals surface area contributed by atoms with Crippen LogP contribution >= 0.6 is 0 Å². The zero-order valence-electron chi connectivity index (χ0n) is 20.1. The highest BCUT2D eigenvalue weighted by molar-refractivity contribution is 5.90. The lowest BCUT2D eigenvalue weighted by Gasteiger charge is -2.37.